The van der Waals surface area contributed by atoms with Crippen molar-refractivity contribution < 1.29 is 14.3 Å². The number of rotatable bonds is 2. The summed E-state index contributed by atoms with van der Waals surface area (Å²) in [5.41, 5.74) is 1.21. The molecule has 1 unspecified atom stereocenters. The van der Waals surface area contributed by atoms with Crippen LogP contribution in [0.4, 0.5) is 4.79 Å². The molecule has 2 heterocycles. The van der Waals surface area contributed by atoms with E-state index in [1.165, 1.54) is 0 Å². The van der Waals surface area contributed by atoms with Gasteiger partial charge in [-0.25, -0.2) is 4.79 Å². The van der Waals surface area contributed by atoms with Crippen LogP contribution >= 0.6 is 0 Å². The number of fused-ring (bicyclic) bond motifs is 1. The standard InChI is InChI=1S/C16H22N6O3/c1-16(2,3)25-15(24)18-12-7-4-9-8-10(13-19-21-22-20-13)5-6-11(9)17-14(12)23/h5-6,9,12H,4,7-8H2,1-3H3,(H,17,23)(H,18,24)(H,19,20,21,22)/t9?,12-/m0/s1. The van der Waals surface area contributed by atoms with Gasteiger partial charge in [-0.3, -0.25) is 4.79 Å². The van der Waals surface area contributed by atoms with Crippen molar-refractivity contribution in [3.05, 3.63) is 23.7 Å². The summed E-state index contributed by atoms with van der Waals surface area (Å²) in [6, 6.07) is -0.616. The topological polar surface area (TPSA) is 122 Å². The second kappa shape index (κ2) is 6.66. The van der Waals surface area contributed by atoms with Crippen molar-refractivity contribution in [3.8, 4) is 0 Å². The lowest BCUT2D eigenvalue weighted by Gasteiger charge is -2.22. The molecule has 2 amide bonds. The molecule has 2 atom stereocenters. The maximum Gasteiger partial charge on any atom is 0.408 e. The normalized spacial score (nSPS) is 23.6. The van der Waals surface area contributed by atoms with Crippen LogP contribution in [0.5, 0.6) is 0 Å². The molecule has 0 spiro atoms. The molecule has 1 saturated heterocycles. The van der Waals surface area contributed by atoms with Crippen LogP contribution in [0.3, 0.4) is 0 Å². The second-order valence-electron chi connectivity index (χ2n) is 7.22. The maximum atomic E-state index is 12.4. The Morgan fingerprint density at radius 2 is 2.12 bits per heavy atom. The number of hydrogen-bond acceptors (Lipinski definition) is 6. The Morgan fingerprint density at radius 1 is 1.32 bits per heavy atom. The van der Waals surface area contributed by atoms with Crippen molar-refractivity contribution in [2.24, 2.45) is 5.92 Å². The van der Waals surface area contributed by atoms with E-state index >= 15 is 0 Å². The van der Waals surface area contributed by atoms with E-state index in [0.717, 1.165) is 17.7 Å². The number of alkyl carbamates (subject to hydrolysis) is 1. The minimum Gasteiger partial charge on any atom is -0.444 e. The van der Waals surface area contributed by atoms with Gasteiger partial charge >= 0.3 is 6.09 Å². The molecule has 0 radical (unpaired) electrons. The number of tetrazole rings is 1. The zero-order valence-corrected chi connectivity index (χ0v) is 14.5. The fourth-order valence-corrected chi connectivity index (χ4v) is 2.95. The smallest absolute Gasteiger partial charge is 0.408 e. The highest BCUT2D eigenvalue weighted by Crippen LogP contribution is 2.33. The fourth-order valence-electron chi connectivity index (χ4n) is 2.95. The van der Waals surface area contributed by atoms with E-state index in [0.29, 0.717) is 18.7 Å². The lowest BCUT2D eigenvalue weighted by atomic mass is 9.87. The summed E-state index contributed by atoms with van der Waals surface area (Å²) in [6.45, 7) is 5.35. The molecule has 1 fully saturated rings. The van der Waals surface area contributed by atoms with Gasteiger partial charge in [-0.15, -0.1) is 10.2 Å². The Hall–Kier alpha value is -2.71. The summed E-state index contributed by atoms with van der Waals surface area (Å²) < 4.78 is 5.23. The van der Waals surface area contributed by atoms with Gasteiger partial charge < -0.3 is 15.4 Å². The van der Waals surface area contributed by atoms with Gasteiger partial charge in [0.15, 0.2) is 0 Å². The third-order valence-corrected chi connectivity index (χ3v) is 4.08. The van der Waals surface area contributed by atoms with Gasteiger partial charge in [-0.05, 0) is 51.3 Å². The van der Waals surface area contributed by atoms with E-state index in [2.05, 4.69) is 31.3 Å². The lowest BCUT2D eigenvalue weighted by Crippen LogP contribution is -2.46. The van der Waals surface area contributed by atoms with E-state index in [-0.39, 0.29) is 11.8 Å². The second-order valence-corrected chi connectivity index (χ2v) is 7.22. The van der Waals surface area contributed by atoms with Crippen molar-refractivity contribution in [3.63, 3.8) is 0 Å². The monoisotopic (exact) mass is 346 g/mol. The number of allylic oxidation sites excluding steroid dienone is 4. The molecule has 1 aromatic heterocycles. The number of amides is 2. The molecule has 3 rings (SSSR count). The molecular weight excluding hydrogens is 324 g/mol. The van der Waals surface area contributed by atoms with E-state index < -0.39 is 17.7 Å². The number of aromatic amines is 1. The first-order valence-electron chi connectivity index (χ1n) is 8.27. The molecule has 1 aromatic rings. The number of ether oxygens (including phenoxy) is 1. The molecule has 2 aliphatic rings. The van der Waals surface area contributed by atoms with Crippen LogP contribution in [0.1, 0.15) is 45.9 Å². The summed E-state index contributed by atoms with van der Waals surface area (Å²) >= 11 is 0. The zero-order chi connectivity index (χ0) is 18.0. The number of carbonyl (C=O) groups excluding carboxylic acids is 2. The summed E-state index contributed by atoms with van der Waals surface area (Å²) in [7, 11) is 0. The van der Waals surface area contributed by atoms with Crippen LogP contribution in [0.2, 0.25) is 0 Å². The highest BCUT2D eigenvalue weighted by molar-refractivity contribution is 5.87. The molecule has 9 heteroatoms. The number of H-pyrrole nitrogens is 1. The molecule has 25 heavy (non-hydrogen) atoms. The molecule has 0 saturated carbocycles. The maximum absolute atomic E-state index is 12.4. The van der Waals surface area contributed by atoms with Crippen molar-refractivity contribution >= 4 is 17.6 Å². The van der Waals surface area contributed by atoms with E-state index in [1.807, 2.05) is 12.2 Å². The Morgan fingerprint density at radius 3 is 2.80 bits per heavy atom. The van der Waals surface area contributed by atoms with Gasteiger partial charge in [-0.2, -0.15) is 5.21 Å². The summed E-state index contributed by atoms with van der Waals surface area (Å²) in [4.78, 5) is 24.3. The predicted octanol–water partition coefficient (Wildman–Crippen LogP) is 1.29. The van der Waals surface area contributed by atoms with E-state index in [9.17, 15) is 9.59 Å². The third kappa shape index (κ3) is 4.23. The van der Waals surface area contributed by atoms with Crippen LogP contribution in [0.15, 0.2) is 17.8 Å². The van der Waals surface area contributed by atoms with Crippen LogP contribution in [0.25, 0.3) is 5.57 Å². The molecule has 0 aromatic carbocycles. The molecule has 9 nitrogen and oxygen atoms in total. The Balaban J connectivity index is 1.65. The molecule has 3 N–H and O–H groups in total. The first-order valence-corrected chi connectivity index (χ1v) is 8.27. The average molecular weight is 346 g/mol. The summed E-state index contributed by atoms with van der Waals surface area (Å²) in [5.74, 6) is 0.484. The predicted molar refractivity (Wildman–Crippen MR) is 88.9 cm³/mol. The first kappa shape index (κ1) is 17.1. The van der Waals surface area contributed by atoms with Gasteiger partial charge in [0.2, 0.25) is 11.7 Å². The van der Waals surface area contributed by atoms with Gasteiger partial charge in [0.25, 0.3) is 0 Å². The fraction of sp³-hybridized carbons (Fsp3) is 0.562. The highest BCUT2D eigenvalue weighted by atomic mass is 16.6. The van der Waals surface area contributed by atoms with Crippen molar-refractivity contribution in [1.82, 2.24) is 31.3 Å². The van der Waals surface area contributed by atoms with E-state index in [4.69, 9.17) is 4.74 Å². The Bertz CT molecular complexity index is 717. The Kier molecular flexibility index (Phi) is 4.56. The summed E-state index contributed by atoms with van der Waals surface area (Å²) in [5, 5.41) is 19.6. The number of nitrogens with one attached hydrogen (secondary N) is 3. The van der Waals surface area contributed by atoms with Crippen molar-refractivity contribution in [2.45, 2.75) is 51.7 Å². The molecular formula is C16H22N6O3. The number of aromatic nitrogens is 4. The Labute approximate surface area is 145 Å². The summed E-state index contributed by atoms with van der Waals surface area (Å²) in [6.07, 6.45) is 5.17. The highest BCUT2D eigenvalue weighted by Gasteiger charge is 2.32. The quantitative estimate of drug-likeness (QED) is 0.742. The molecule has 134 valence electrons. The van der Waals surface area contributed by atoms with Crippen LogP contribution < -0.4 is 10.6 Å². The molecule has 1 aliphatic carbocycles. The van der Waals surface area contributed by atoms with Crippen LogP contribution in [-0.4, -0.2) is 44.3 Å². The largest absolute Gasteiger partial charge is 0.444 e. The van der Waals surface area contributed by atoms with Gasteiger partial charge in [-0.1, -0.05) is 6.08 Å². The minimum absolute atomic E-state index is 0.146. The first-order chi connectivity index (χ1) is 11.8. The van der Waals surface area contributed by atoms with Crippen molar-refractivity contribution in [1.29, 1.82) is 0 Å². The SMILES string of the molecule is CC(C)(C)OC(=O)N[C@H]1CCC2CC(c3nn[nH]n3)=CC=C2NC1=O. The number of carbonyl (C=O) groups is 2. The third-order valence-electron chi connectivity index (χ3n) is 4.08. The van der Waals surface area contributed by atoms with Crippen molar-refractivity contribution in [2.75, 3.05) is 0 Å². The van der Waals surface area contributed by atoms with Gasteiger partial charge in [0.05, 0.1) is 0 Å². The van der Waals surface area contributed by atoms with Crippen LogP contribution in [-0.2, 0) is 9.53 Å². The molecule has 0 bridgehead atoms. The van der Waals surface area contributed by atoms with Gasteiger partial charge in [0.1, 0.15) is 11.6 Å². The lowest BCUT2D eigenvalue weighted by molar-refractivity contribution is -0.122. The zero-order valence-electron chi connectivity index (χ0n) is 14.5. The average Bonchev–Trinajstić information content (AvgIpc) is 3.00. The van der Waals surface area contributed by atoms with Gasteiger partial charge in [0, 0.05) is 17.2 Å². The van der Waals surface area contributed by atoms with Crippen LogP contribution in [0, 0.1) is 5.92 Å². The number of nitrogens with zero attached hydrogens (tertiary/aromatic N) is 3. The molecule has 1 aliphatic heterocycles. The van der Waals surface area contributed by atoms with E-state index in [1.54, 1.807) is 20.8 Å². The minimum atomic E-state index is -0.616. The number of hydrogen-bond donors (Lipinski definition) is 3.